The van der Waals surface area contributed by atoms with E-state index in [4.69, 9.17) is 4.74 Å². The summed E-state index contributed by atoms with van der Waals surface area (Å²) >= 11 is 0. The first-order valence-electron chi connectivity index (χ1n) is 11.6. The lowest BCUT2D eigenvalue weighted by Crippen LogP contribution is -2.48. The van der Waals surface area contributed by atoms with Gasteiger partial charge in [-0.15, -0.1) is 0 Å². The van der Waals surface area contributed by atoms with Gasteiger partial charge in [0.25, 0.3) is 0 Å². The molecule has 0 aromatic heterocycles. The second kappa shape index (κ2) is 12.8. The van der Waals surface area contributed by atoms with Crippen LogP contribution in [0.2, 0.25) is 0 Å². The zero-order chi connectivity index (χ0) is 27.8. The minimum atomic E-state index is -4.63. The first-order valence-corrected chi connectivity index (χ1v) is 13.5. The average Bonchev–Trinajstić information content (AvgIpc) is 2.85. The van der Waals surface area contributed by atoms with E-state index in [0.717, 1.165) is 34.3 Å². The fourth-order valence-corrected chi connectivity index (χ4v) is 4.81. The lowest BCUT2D eigenvalue weighted by atomic mass is 10.1. The number of alkyl halides is 3. The number of ether oxygens (including phenoxy) is 1. The van der Waals surface area contributed by atoms with Crippen molar-refractivity contribution in [2.24, 2.45) is 0 Å². The summed E-state index contributed by atoms with van der Waals surface area (Å²) in [7, 11) is -0.924. The van der Waals surface area contributed by atoms with Crippen molar-refractivity contribution in [3.05, 3.63) is 59.7 Å². The second-order valence-electron chi connectivity index (χ2n) is 8.39. The number of hydrogen-bond donors (Lipinski definition) is 1. The Labute approximate surface area is 215 Å². The highest BCUT2D eigenvalue weighted by molar-refractivity contribution is 7.92. The Kier molecular flexibility index (Phi) is 10.4. The number of halogens is 3. The van der Waals surface area contributed by atoms with Crippen LogP contribution in [0.1, 0.15) is 37.3 Å². The van der Waals surface area contributed by atoms with Crippen molar-refractivity contribution in [3.63, 3.8) is 0 Å². The van der Waals surface area contributed by atoms with Gasteiger partial charge in [-0.3, -0.25) is 13.9 Å². The Morgan fingerprint density at radius 3 is 2.27 bits per heavy atom. The summed E-state index contributed by atoms with van der Waals surface area (Å²) in [5, 5.41) is 2.56. The van der Waals surface area contributed by atoms with Gasteiger partial charge < -0.3 is 15.0 Å². The Bertz CT molecular complexity index is 1170. The zero-order valence-electron chi connectivity index (χ0n) is 21.2. The van der Waals surface area contributed by atoms with E-state index in [0.29, 0.717) is 12.2 Å². The monoisotopic (exact) mass is 543 g/mol. The molecule has 12 heteroatoms. The summed E-state index contributed by atoms with van der Waals surface area (Å²) in [4.78, 5) is 27.2. The molecule has 0 fully saturated rings. The van der Waals surface area contributed by atoms with Gasteiger partial charge in [0.15, 0.2) is 0 Å². The fourth-order valence-electron chi connectivity index (χ4n) is 3.86. The molecule has 0 aliphatic heterocycles. The summed E-state index contributed by atoms with van der Waals surface area (Å²) < 4.78 is 70.2. The van der Waals surface area contributed by atoms with Gasteiger partial charge in [0.2, 0.25) is 21.8 Å². The molecule has 37 heavy (non-hydrogen) atoms. The first kappa shape index (κ1) is 29.9. The van der Waals surface area contributed by atoms with E-state index in [1.54, 1.807) is 31.2 Å². The summed E-state index contributed by atoms with van der Waals surface area (Å²) in [6, 6.07) is 10.3. The molecule has 2 amide bonds. The minimum absolute atomic E-state index is 0.0332. The SMILES string of the molecule is CCC(C(=O)NC)N(Cc1ccc(OC)cc1)C(=O)CCCN(c1cccc(C(F)(F)F)c1)S(C)(=O)=O. The van der Waals surface area contributed by atoms with Crippen molar-refractivity contribution in [2.75, 3.05) is 31.3 Å². The van der Waals surface area contributed by atoms with E-state index in [1.165, 1.54) is 25.1 Å². The maximum absolute atomic E-state index is 13.2. The van der Waals surface area contributed by atoms with Crippen LogP contribution in [-0.4, -0.2) is 58.1 Å². The molecule has 0 heterocycles. The standard InChI is InChI=1S/C25H32F3N3O5S/c1-5-22(24(33)29-2)30(17-18-11-13-21(36-3)14-12-18)23(32)10-7-15-31(37(4,34)35)20-9-6-8-19(16-20)25(26,27)28/h6,8-9,11-14,16,22H,5,7,10,15,17H2,1-4H3,(H,29,33). The smallest absolute Gasteiger partial charge is 0.416 e. The number of nitrogens with one attached hydrogen (secondary N) is 1. The van der Waals surface area contributed by atoms with Gasteiger partial charge in [0.05, 0.1) is 24.6 Å². The molecule has 8 nitrogen and oxygen atoms in total. The van der Waals surface area contributed by atoms with Crippen molar-refractivity contribution in [1.82, 2.24) is 10.2 Å². The molecular weight excluding hydrogens is 511 g/mol. The van der Waals surface area contributed by atoms with Crippen molar-refractivity contribution in [3.8, 4) is 5.75 Å². The number of likely N-dealkylation sites (N-methyl/N-ethyl adjacent to an activating group) is 1. The highest BCUT2D eigenvalue weighted by Gasteiger charge is 2.32. The Balaban J connectivity index is 2.23. The van der Waals surface area contributed by atoms with Crippen LogP contribution in [0.25, 0.3) is 0 Å². The average molecular weight is 544 g/mol. The van der Waals surface area contributed by atoms with Gasteiger partial charge in [-0.1, -0.05) is 25.1 Å². The number of methoxy groups -OCH3 is 1. The van der Waals surface area contributed by atoms with Crippen LogP contribution in [0, 0.1) is 0 Å². The molecule has 204 valence electrons. The third kappa shape index (κ3) is 8.38. The second-order valence-corrected chi connectivity index (χ2v) is 10.3. The normalized spacial score (nSPS) is 12.5. The third-order valence-electron chi connectivity index (χ3n) is 5.76. The molecule has 2 rings (SSSR count). The molecule has 1 atom stereocenters. The van der Waals surface area contributed by atoms with Crippen LogP contribution in [0.5, 0.6) is 5.75 Å². The van der Waals surface area contributed by atoms with Crippen molar-refractivity contribution < 1.29 is 35.9 Å². The molecule has 1 N–H and O–H groups in total. The molecule has 0 aliphatic carbocycles. The number of sulfonamides is 1. The van der Waals surface area contributed by atoms with Crippen molar-refractivity contribution >= 4 is 27.5 Å². The van der Waals surface area contributed by atoms with E-state index >= 15 is 0 Å². The van der Waals surface area contributed by atoms with E-state index in [1.807, 2.05) is 0 Å². The Hall–Kier alpha value is -3.28. The van der Waals surface area contributed by atoms with Gasteiger partial charge in [-0.05, 0) is 48.7 Å². The van der Waals surface area contributed by atoms with E-state index in [-0.39, 0.29) is 43.4 Å². The predicted octanol–water partition coefficient (Wildman–Crippen LogP) is 3.81. The largest absolute Gasteiger partial charge is 0.497 e. The van der Waals surface area contributed by atoms with Gasteiger partial charge in [-0.2, -0.15) is 13.2 Å². The lowest BCUT2D eigenvalue weighted by molar-refractivity contribution is -0.141. The van der Waals surface area contributed by atoms with Crippen LogP contribution in [0.4, 0.5) is 18.9 Å². The minimum Gasteiger partial charge on any atom is -0.497 e. The summed E-state index contributed by atoms with van der Waals surface area (Å²) in [6.07, 6.45) is -3.47. The van der Waals surface area contributed by atoms with Crippen LogP contribution in [0.15, 0.2) is 48.5 Å². The van der Waals surface area contributed by atoms with Crippen LogP contribution >= 0.6 is 0 Å². The zero-order valence-corrected chi connectivity index (χ0v) is 22.0. The summed E-state index contributed by atoms with van der Waals surface area (Å²) in [5.74, 6) is -0.0923. The Morgan fingerprint density at radius 2 is 1.76 bits per heavy atom. The molecule has 0 spiro atoms. The number of amides is 2. The van der Waals surface area contributed by atoms with Gasteiger partial charge in [-0.25, -0.2) is 8.42 Å². The van der Waals surface area contributed by atoms with Crippen LogP contribution in [-0.2, 0) is 32.3 Å². The molecule has 0 aliphatic rings. The molecule has 2 aromatic carbocycles. The fraction of sp³-hybridized carbons (Fsp3) is 0.440. The van der Waals surface area contributed by atoms with Gasteiger partial charge >= 0.3 is 6.18 Å². The number of anilines is 1. The van der Waals surface area contributed by atoms with Crippen LogP contribution in [0.3, 0.4) is 0 Å². The molecule has 1 unspecified atom stereocenters. The molecule has 2 aromatic rings. The van der Waals surface area contributed by atoms with Crippen molar-refractivity contribution in [2.45, 2.75) is 44.9 Å². The third-order valence-corrected chi connectivity index (χ3v) is 6.95. The maximum atomic E-state index is 13.2. The molecule has 0 saturated heterocycles. The summed E-state index contributed by atoms with van der Waals surface area (Å²) in [6.45, 7) is 1.70. The molecule has 0 radical (unpaired) electrons. The van der Waals surface area contributed by atoms with Gasteiger partial charge in [0, 0.05) is 26.6 Å². The highest BCUT2D eigenvalue weighted by Crippen LogP contribution is 2.32. The highest BCUT2D eigenvalue weighted by atomic mass is 32.2. The quantitative estimate of drug-likeness (QED) is 0.439. The number of nitrogens with zero attached hydrogens (tertiary/aromatic N) is 2. The van der Waals surface area contributed by atoms with Gasteiger partial charge in [0.1, 0.15) is 11.8 Å². The number of carbonyl (C=O) groups excluding carboxylic acids is 2. The maximum Gasteiger partial charge on any atom is 0.416 e. The topological polar surface area (TPSA) is 96.0 Å². The van der Waals surface area contributed by atoms with E-state index in [9.17, 15) is 31.2 Å². The predicted molar refractivity (Wildman–Crippen MR) is 135 cm³/mol. The summed E-state index contributed by atoms with van der Waals surface area (Å²) in [5.41, 5.74) is -0.355. The molecule has 0 bridgehead atoms. The molecule has 0 saturated carbocycles. The lowest BCUT2D eigenvalue weighted by Gasteiger charge is -2.31. The van der Waals surface area contributed by atoms with E-state index < -0.39 is 27.8 Å². The molecular formula is C25H32F3N3O5S. The van der Waals surface area contributed by atoms with E-state index in [2.05, 4.69) is 5.32 Å². The number of benzene rings is 2. The van der Waals surface area contributed by atoms with Crippen LogP contribution < -0.4 is 14.4 Å². The number of hydrogen-bond acceptors (Lipinski definition) is 5. The Morgan fingerprint density at radius 1 is 1.11 bits per heavy atom. The number of carbonyl (C=O) groups is 2. The number of rotatable bonds is 12. The first-order chi connectivity index (χ1) is 17.3. The van der Waals surface area contributed by atoms with Crippen molar-refractivity contribution in [1.29, 1.82) is 0 Å².